The number of hydrogen-bond acceptors (Lipinski definition) is 4. The third-order valence-electron chi connectivity index (χ3n) is 3.41. The molecule has 5 nitrogen and oxygen atoms in total. The van der Waals surface area contributed by atoms with Crippen LogP contribution in [0.3, 0.4) is 0 Å². The van der Waals surface area contributed by atoms with Gasteiger partial charge in [0.05, 0.1) is 5.92 Å². The third-order valence-corrected chi connectivity index (χ3v) is 3.66. The number of rotatable bonds is 3. The van der Waals surface area contributed by atoms with Crippen LogP contribution in [0.5, 0.6) is 0 Å². The van der Waals surface area contributed by atoms with Gasteiger partial charge in [0, 0.05) is 23.7 Å². The topological polar surface area (TPSA) is 70.4 Å². The number of ether oxygens (including phenoxy) is 1. The molecule has 0 radical (unpaired) electrons. The van der Waals surface area contributed by atoms with Gasteiger partial charge in [-0.25, -0.2) is 0 Å². The fourth-order valence-corrected chi connectivity index (χ4v) is 2.48. The summed E-state index contributed by atoms with van der Waals surface area (Å²) in [7, 11) is 0. The molecule has 6 heteroatoms. The number of carbonyl (C=O) groups is 2. The molecule has 21 heavy (non-hydrogen) atoms. The first-order chi connectivity index (χ1) is 10.1. The summed E-state index contributed by atoms with van der Waals surface area (Å²) in [5.41, 5.74) is 0.547. The molecule has 1 unspecified atom stereocenters. The average molecular weight is 307 g/mol. The van der Waals surface area contributed by atoms with Crippen LogP contribution in [-0.2, 0) is 9.53 Å². The number of piperidine rings is 1. The van der Waals surface area contributed by atoms with Crippen LogP contribution in [0.1, 0.15) is 23.2 Å². The standard InChI is InChI=1S/C15H15ClN2O3/c16-13-5-3-11(4-6-13)14(19)18-8-1-2-12(10-18)15(20)21-9-7-17/h3-6,12H,1-2,8-10H2. The van der Waals surface area contributed by atoms with Gasteiger partial charge in [0.2, 0.25) is 0 Å². The van der Waals surface area contributed by atoms with Crippen molar-refractivity contribution in [1.82, 2.24) is 4.90 Å². The molecule has 1 amide bonds. The van der Waals surface area contributed by atoms with Crippen molar-refractivity contribution in [3.05, 3.63) is 34.9 Å². The van der Waals surface area contributed by atoms with Gasteiger partial charge in [0.25, 0.3) is 5.91 Å². The molecular weight excluding hydrogens is 292 g/mol. The van der Waals surface area contributed by atoms with Gasteiger partial charge in [-0.2, -0.15) is 5.26 Å². The minimum atomic E-state index is -0.412. The second kappa shape index (κ2) is 7.09. The van der Waals surface area contributed by atoms with Gasteiger partial charge >= 0.3 is 5.97 Å². The largest absolute Gasteiger partial charge is 0.450 e. The van der Waals surface area contributed by atoms with E-state index in [1.807, 2.05) is 0 Å². The van der Waals surface area contributed by atoms with E-state index in [4.69, 9.17) is 21.6 Å². The summed E-state index contributed by atoms with van der Waals surface area (Å²) in [6.45, 7) is 0.690. The quantitative estimate of drug-likeness (QED) is 0.803. The molecule has 0 aromatic heterocycles. The number of likely N-dealkylation sites (tertiary alicyclic amines) is 1. The Hall–Kier alpha value is -2.06. The Morgan fingerprint density at radius 2 is 2.10 bits per heavy atom. The Labute approximate surface area is 128 Å². The summed E-state index contributed by atoms with van der Waals surface area (Å²) in [5, 5.41) is 8.99. The predicted molar refractivity (Wildman–Crippen MR) is 76.7 cm³/mol. The van der Waals surface area contributed by atoms with Crippen LogP contribution in [0.4, 0.5) is 0 Å². The molecule has 1 aliphatic rings. The van der Waals surface area contributed by atoms with E-state index in [0.717, 1.165) is 6.42 Å². The lowest BCUT2D eigenvalue weighted by molar-refractivity contribution is -0.148. The normalized spacial score (nSPS) is 17.9. The summed E-state index contributed by atoms with van der Waals surface area (Å²) in [4.78, 5) is 25.8. The molecule has 0 N–H and O–H groups in total. The van der Waals surface area contributed by atoms with Crippen LogP contribution < -0.4 is 0 Å². The van der Waals surface area contributed by atoms with Crippen LogP contribution in [0.15, 0.2) is 24.3 Å². The molecular formula is C15H15ClN2O3. The SMILES string of the molecule is N#CCOC(=O)C1CCCN(C(=O)c2ccc(Cl)cc2)C1. The fourth-order valence-electron chi connectivity index (χ4n) is 2.35. The summed E-state index contributed by atoms with van der Waals surface area (Å²) in [5.74, 6) is -0.891. The molecule has 1 saturated heterocycles. The first-order valence-electron chi connectivity index (χ1n) is 6.70. The molecule has 1 fully saturated rings. The van der Waals surface area contributed by atoms with E-state index >= 15 is 0 Å². The van der Waals surface area contributed by atoms with E-state index < -0.39 is 5.97 Å². The van der Waals surface area contributed by atoms with Crippen LogP contribution in [0.2, 0.25) is 5.02 Å². The van der Waals surface area contributed by atoms with E-state index in [-0.39, 0.29) is 18.4 Å². The highest BCUT2D eigenvalue weighted by molar-refractivity contribution is 6.30. The number of hydrogen-bond donors (Lipinski definition) is 0. The second-order valence-electron chi connectivity index (χ2n) is 4.86. The molecule has 1 aliphatic heterocycles. The number of carbonyl (C=O) groups excluding carboxylic acids is 2. The lowest BCUT2D eigenvalue weighted by Crippen LogP contribution is -2.42. The van der Waals surface area contributed by atoms with Gasteiger partial charge in [-0.05, 0) is 37.1 Å². The van der Waals surface area contributed by atoms with Crippen molar-refractivity contribution in [2.45, 2.75) is 12.8 Å². The Kier molecular flexibility index (Phi) is 5.18. The molecule has 1 aromatic rings. The van der Waals surface area contributed by atoms with Gasteiger partial charge in [-0.3, -0.25) is 9.59 Å². The maximum Gasteiger partial charge on any atom is 0.311 e. The summed E-state index contributed by atoms with van der Waals surface area (Å²) in [6, 6.07) is 8.43. The van der Waals surface area contributed by atoms with Crippen molar-refractivity contribution in [3.63, 3.8) is 0 Å². The van der Waals surface area contributed by atoms with Crippen molar-refractivity contribution in [3.8, 4) is 6.07 Å². The zero-order valence-corrected chi connectivity index (χ0v) is 12.2. The minimum absolute atomic E-state index is 0.121. The number of nitrogens with zero attached hydrogens (tertiary/aromatic N) is 2. The van der Waals surface area contributed by atoms with Crippen molar-refractivity contribution in [2.75, 3.05) is 19.7 Å². The Bertz CT molecular complexity index is 565. The maximum absolute atomic E-state index is 12.4. The molecule has 0 spiro atoms. The number of halogens is 1. The highest BCUT2D eigenvalue weighted by Crippen LogP contribution is 2.20. The van der Waals surface area contributed by atoms with Gasteiger partial charge in [0.1, 0.15) is 6.07 Å². The molecule has 0 aliphatic carbocycles. The van der Waals surface area contributed by atoms with E-state index in [0.29, 0.717) is 30.1 Å². The second-order valence-corrected chi connectivity index (χ2v) is 5.30. The van der Waals surface area contributed by atoms with E-state index in [9.17, 15) is 9.59 Å². The summed E-state index contributed by atoms with van der Waals surface area (Å²) >= 11 is 5.80. The van der Waals surface area contributed by atoms with Gasteiger partial charge < -0.3 is 9.64 Å². The summed E-state index contributed by atoms with van der Waals surface area (Å²) < 4.78 is 4.82. The summed E-state index contributed by atoms with van der Waals surface area (Å²) in [6.07, 6.45) is 1.42. The maximum atomic E-state index is 12.4. The fraction of sp³-hybridized carbons (Fsp3) is 0.400. The molecule has 1 aromatic carbocycles. The zero-order valence-electron chi connectivity index (χ0n) is 11.4. The molecule has 110 valence electrons. The Morgan fingerprint density at radius 3 is 2.76 bits per heavy atom. The van der Waals surface area contributed by atoms with E-state index in [1.165, 1.54) is 0 Å². The van der Waals surface area contributed by atoms with Gasteiger partial charge in [-0.15, -0.1) is 0 Å². The zero-order chi connectivity index (χ0) is 15.2. The first kappa shape index (κ1) is 15.3. The van der Waals surface area contributed by atoms with Crippen LogP contribution >= 0.6 is 11.6 Å². The Balaban J connectivity index is 2.00. The predicted octanol–water partition coefficient (Wildman–Crippen LogP) is 2.26. The number of nitriles is 1. The van der Waals surface area contributed by atoms with Crippen molar-refractivity contribution < 1.29 is 14.3 Å². The number of amides is 1. The van der Waals surface area contributed by atoms with Crippen LogP contribution in [-0.4, -0.2) is 36.5 Å². The monoisotopic (exact) mass is 306 g/mol. The molecule has 1 atom stereocenters. The van der Waals surface area contributed by atoms with E-state index in [2.05, 4.69) is 0 Å². The molecule has 1 heterocycles. The van der Waals surface area contributed by atoms with Crippen molar-refractivity contribution in [1.29, 1.82) is 5.26 Å². The van der Waals surface area contributed by atoms with Crippen molar-refractivity contribution in [2.24, 2.45) is 5.92 Å². The molecule has 0 saturated carbocycles. The number of esters is 1. The third kappa shape index (κ3) is 3.96. The van der Waals surface area contributed by atoms with E-state index in [1.54, 1.807) is 35.2 Å². The van der Waals surface area contributed by atoms with Gasteiger partial charge in [0.15, 0.2) is 6.61 Å². The number of benzene rings is 1. The highest BCUT2D eigenvalue weighted by Gasteiger charge is 2.29. The lowest BCUT2D eigenvalue weighted by Gasteiger charge is -2.31. The Morgan fingerprint density at radius 1 is 1.38 bits per heavy atom. The average Bonchev–Trinajstić information content (AvgIpc) is 2.52. The minimum Gasteiger partial charge on any atom is -0.450 e. The molecule has 0 bridgehead atoms. The van der Waals surface area contributed by atoms with Crippen molar-refractivity contribution >= 4 is 23.5 Å². The van der Waals surface area contributed by atoms with Gasteiger partial charge in [-0.1, -0.05) is 11.6 Å². The molecule has 2 rings (SSSR count). The van der Waals surface area contributed by atoms with Crippen LogP contribution in [0, 0.1) is 17.2 Å². The highest BCUT2D eigenvalue weighted by atomic mass is 35.5. The van der Waals surface area contributed by atoms with Crippen LogP contribution in [0.25, 0.3) is 0 Å². The first-order valence-corrected chi connectivity index (χ1v) is 7.08. The lowest BCUT2D eigenvalue weighted by atomic mass is 9.97. The smallest absolute Gasteiger partial charge is 0.311 e.